The zero-order valence-corrected chi connectivity index (χ0v) is 14.2. The number of rotatable bonds is 3. The number of carbonyl (C=O) groups excluding carboxylic acids is 1. The fourth-order valence-electron chi connectivity index (χ4n) is 2.47. The van der Waals surface area contributed by atoms with Gasteiger partial charge in [0.05, 0.1) is 0 Å². The minimum Gasteiger partial charge on any atom is -0.506 e. The molecular weight excluding hydrogens is 351 g/mol. The number of hydrogen-bond donors (Lipinski definition) is 2. The van der Waals surface area contributed by atoms with Crippen molar-refractivity contribution in [2.45, 2.75) is 0 Å². The van der Waals surface area contributed by atoms with Crippen molar-refractivity contribution in [3.8, 4) is 16.9 Å². The molecule has 0 radical (unpaired) electrons. The van der Waals surface area contributed by atoms with Crippen molar-refractivity contribution in [3.63, 3.8) is 0 Å². The second-order valence-corrected chi connectivity index (χ2v) is 7.26. The van der Waals surface area contributed by atoms with Gasteiger partial charge in [-0.3, -0.25) is 4.79 Å². The maximum atomic E-state index is 14.5. The van der Waals surface area contributed by atoms with Crippen LogP contribution >= 0.6 is 0 Å². The van der Waals surface area contributed by atoms with E-state index in [1.54, 1.807) is 21.8 Å². The number of halogens is 1. The van der Waals surface area contributed by atoms with Gasteiger partial charge in [-0.05, 0) is 29.8 Å². The van der Waals surface area contributed by atoms with Crippen LogP contribution in [0.3, 0.4) is 0 Å². The third kappa shape index (κ3) is 3.07. The van der Waals surface area contributed by atoms with E-state index in [9.17, 15) is 22.7 Å². The number of phenols is 1. The van der Waals surface area contributed by atoms with Gasteiger partial charge < -0.3 is 10.0 Å². The van der Waals surface area contributed by atoms with Crippen LogP contribution in [0, 0.1) is 5.82 Å². The molecule has 10 heteroatoms. The zero-order chi connectivity index (χ0) is 18.4. The first kappa shape index (κ1) is 17.0. The SMILES string of the molecule is CN(C)c1ccc(-c2cc(O)c(N3CC(=O)NS3(=O)=O)c(F)c2)cn1. The molecule has 2 aromatic rings. The average Bonchev–Trinajstić information content (AvgIpc) is 2.79. The topological polar surface area (TPSA) is 103 Å². The number of nitrogens with one attached hydrogen (secondary N) is 1. The summed E-state index contributed by atoms with van der Waals surface area (Å²) in [4.78, 5) is 17.3. The number of aromatic hydroxyl groups is 1. The quantitative estimate of drug-likeness (QED) is 0.835. The Bertz CT molecular complexity index is 921. The summed E-state index contributed by atoms with van der Waals surface area (Å²) in [6.45, 7) is -0.592. The Kier molecular flexibility index (Phi) is 3.99. The lowest BCUT2D eigenvalue weighted by Crippen LogP contribution is -2.30. The van der Waals surface area contributed by atoms with Gasteiger partial charge in [-0.25, -0.2) is 18.4 Å². The number of nitrogens with zero attached hydrogens (tertiary/aromatic N) is 3. The third-order valence-corrected chi connectivity index (χ3v) is 5.03. The van der Waals surface area contributed by atoms with E-state index in [-0.39, 0.29) is 0 Å². The maximum absolute atomic E-state index is 14.5. The predicted octanol–water partition coefficient (Wildman–Crippen LogP) is 0.840. The highest BCUT2D eigenvalue weighted by molar-refractivity contribution is 7.92. The Morgan fingerprint density at radius 3 is 2.48 bits per heavy atom. The van der Waals surface area contributed by atoms with E-state index < -0.39 is 39.9 Å². The molecule has 2 heterocycles. The summed E-state index contributed by atoms with van der Waals surface area (Å²) in [7, 11) is -0.556. The predicted molar refractivity (Wildman–Crippen MR) is 90.0 cm³/mol. The number of phenolic OH excluding ortho intramolecular Hbond substituents is 1. The van der Waals surface area contributed by atoms with Crippen LogP contribution in [0.25, 0.3) is 11.1 Å². The summed E-state index contributed by atoms with van der Waals surface area (Å²) in [5.41, 5.74) is 0.303. The molecule has 0 spiro atoms. The van der Waals surface area contributed by atoms with Crippen LogP contribution < -0.4 is 13.9 Å². The molecule has 1 saturated heterocycles. The molecule has 0 atom stereocenters. The first-order valence-electron chi connectivity index (χ1n) is 7.18. The van der Waals surface area contributed by atoms with Crippen LogP contribution in [-0.2, 0) is 15.0 Å². The average molecular weight is 366 g/mol. The van der Waals surface area contributed by atoms with Crippen molar-refractivity contribution in [1.29, 1.82) is 0 Å². The summed E-state index contributed by atoms with van der Waals surface area (Å²) in [5, 5.41) is 10.1. The molecule has 8 nitrogen and oxygen atoms in total. The fourth-order valence-corrected chi connectivity index (χ4v) is 3.64. The molecule has 3 rings (SSSR count). The largest absolute Gasteiger partial charge is 0.506 e. The van der Waals surface area contributed by atoms with Gasteiger partial charge in [-0.15, -0.1) is 0 Å². The Labute approximate surface area is 143 Å². The molecule has 132 valence electrons. The van der Waals surface area contributed by atoms with E-state index in [2.05, 4.69) is 4.98 Å². The van der Waals surface area contributed by atoms with Crippen molar-refractivity contribution in [2.24, 2.45) is 0 Å². The first-order chi connectivity index (χ1) is 11.7. The molecule has 1 aromatic heterocycles. The summed E-state index contributed by atoms with van der Waals surface area (Å²) >= 11 is 0. The van der Waals surface area contributed by atoms with Gasteiger partial charge in [0.15, 0.2) is 5.82 Å². The molecule has 1 aliphatic heterocycles. The highest BCUT2D eigenvalue weighted by Crippen LogP contribution is 2.37. The summed E-state index contributed by atoms with van der Waals surface area (Å²) in [5.74, 6) is -1.65. The standard InChI is InChI=1S/C15H15FN4O4S/c1-19(2)13-4-3-9(7-17-13)10-5-11(16)15(12(21)6-10)20-8-14(22)18-25(20,23)24/h3-7,21H,8H2,1-2H3,(H,18,22). The van der Waals surface area contributed by atoms with E-state index in [4.69, 9.17) is 0 Å². The Morgan fingerprint density at radius 2 is 2.00 bits per heavy atom. The van der Waals surface area contributed by atoms with Crippen molar-refractivity contribution in [1.82, 2.24) is 9.71 Å². The zero-order valence-electron chi connectivity index (χ0n) is 13.4. The van der Waals surface area contributed by atoms with Gasteiger partial charge >= 0.3 is 10.2 Å². The lowest BCUT2D eigenvalue weighted by Gasteiger charge is -2.18. The molecule has 1 fully saturated rings. The molecule has 25 heavy (non-hydrogen) atoms. The maximum Gasteiger partial charge on any atom is 0.326 e. The molecule has 1 aliphatic rings. The molecule has 0 unspecified atom stereocenters. The number of pyridine rings is 1. The lowest BCUT2D eigenvalue weighted by atomic mass is 10.1. The van der Waals surface area contributed by atoms with Gasteiger partial charge in [0.25, 0.3) is 5.91 Å². The van der Waals surface area contributed by atoms with Gasteiger partial charge in [0.2, 0.25) is 0 Å². The molecule has 1 amide bonds. The van der Waals surface area contributed by atoms with Crippen molar-refractivity contribution in [3.05, 3.63) is 36.3 Å². The number of hydrogen-bond acceptors (Lipinski definition) is 6. The van der Waals surface area contributed by atoms with Gasteiger partial charge in [0, 0.05) is 25.9 Å². The van der Waals surface area contributed by atoms with Crippen LogP contribution in [0.4, 0.5) is 15.9 Å². The Hall–Kier alpha value is -2.88. The number of anilines is 2. The Morgan fingerprint density at radius 1 is 1.28 bits per heavy atom. The molecule has 0 bridgehead atoms. The lowest BCUT2D eigenvalue weighted by molar-refractivity contribution is -0.117. The van der Waals surface area contributed by atoms with Crippen molar-refractivity contribution >= 4 is 27.6 Å². The number of benzene rings is 1. The van der Waals surface area contributed by atoms with E-state index in [0.29, 0.717) is 21.2 Å². The van der Waals surface area contributed by atoms with Crippen LogP contribution in [0.1, 0.15) is 0 Å². The summed E-state index contributed by atoms with van der Waals surface area (Å²) in [6.07, 6.45) is 1.51. The van der Waals surface area contributed by atoms with Crippen LogP contribution in [0.2, 0.25) is 0 Å². The first-order valence-corrected chi connectivity index (χ1v) is 8.62. The second-order valence-electron chi connectivity index (χ2n) is 5.66. The highest BCUT2D eigenvalue weighted by Gasteiger charge is 2.37. The minimum atomic E-state index is -4.21. The van der Waals surface area contributed by atoms with Crippen LogP contribution in [-0.4, -0.2) is 45.1 Å². The van der Waals surface area contributed by atoms with E-state index in [0.717, 1.165) is 6.07 Å². The van der Waals surface area contributed by atoms with Gasteiger partial charge in [0.1, 0.15) is 23.8 Å². The smallest absolute Gasteiger partial charge is 0.326 e. The fraction of sp³-hybridized carbons (Fsp3) is 0.200. The van der Waals surface area contributed by atoms with Gasteiger partial charge in [-0.1, -0.05) is 0 Å². The minimum absolute atomic E-state index is 0.326. The number of aromatic nitrogens is 1. The van der Waals surface area contributed by atoms with Gasteiger partial charge in [-0.2, -0.15) is 8.42 Å². The van der Waals surface area contributed by atoms with Crippen LogP contribution in [0.15, 0.2) is 30.5 Å². The summed E-state index contributed by atoms with van der Waals surface area (Å²) in [6, 6.07) is 5.74. The third-order valence-electron chi connectivity index (χ3n) is 3.65. The van der Waals surface area contributed by atoms with E-state index >= 15 is 0 Å². The van der Waals surface area contributed by atoms with E-state index in [1.165, 1.54) is 12.3 Å². The van der Waals surface area contributed by atoms with E-state index in [1.807, 2.05) is 14.1 Å². The van der Waals surface area contributed by atoms with Crippen molar-refractivity contribution in [2.75, 3.05) is 29.8 Å². The van der Waals surface area contributed by atoms with Crippen LogP contribution in [0.5, 0.6) is 5.75 Å². The highest BCUT2D eigenvalue weighted by atomic mass is 32.2. The number of carbonyl (C=O) groups is 1. The summed E-state index contributed by atoms with van der Waals surface area (Å²) < 4.78 is 40.4. The normalized spacial score (nSPS) is 16.0. The molecule has 0 saturated carbocycles. The number of amides is 1. The van der Waals surface area contributed by atoms with Crippen molar-refractivity contribution < 1.29 is 22.7 Å². The molecule has 2 N–H and O–H groups in total. The molecule has 0 aliphatic carbocycles. The Balaban J connectivity index is 2.02. The monoisotopic (exact) mass is 366 g/mol. The molecule has 1 aromatic carbocycles. The second kappa shape index (κ2) is 5.88. The molecular formula is C15H15FN4O4S.